The molecule has 0 unspecified atom stereocenters. The van der Waals surface area contributed by atoms with Crippen molar-refractivity contribution in [2.75, 3.05) is 6.61 Å². The van der Waals surface area contributed by atoms with Gasteiger partial charge in [-0.3, -0.25) is 0 Å². The third-order valence-corrected chi connectivity index (χ3v) is 11.1. The van der Waals surface area contributed by atoms with Crippen molar-refractivity contribution >= 4 is 25.4 Å². The summed E-state index contributed by atoms with van der Waals surface area (Å²) in [7, 11) is -5.71. The van der Waals surface area contributed by atoms with Gasteiger partial charge in [0.25, 0.3) is 0 Å². The van der Waals surface area contributed by atoms with Gasteiger partial charge in [0.1, 0.15) is 0 Å². The van der Waals surface area contributed by atoms with Crippen LogP contribution in [0.5, 0.6) is 0 Å². The van der Waals surface area contributed by atoms with Crippen LogP contribution in [0.15, 0.2) is 0 Å². The van der Waals surface area contributed by atoms with E-state index in [1.165, 1.54) is 0 Å². The molecule has 6 heteroatoms. The van der Waals surface area contributed by atoms with Crippen molar-refractivity contribution in [3.63, 3.8) is 0 Å². The van der Waals surface area contributed by atoms with Crippen LogP contribution in [0.3, 0.4) is 0 Å². The van der Waals surface area contributed by atoms with Gasteiger partial charge in [0, 0.05) is 12.7 Å². The van der Waals surface area contributed by atoms with Crippen LogP contribution in [-0.2, 0) is 12.7 Å². The van der Waals surface area contributed by atoms with E-state index in [1.807, 2.05) is 6.92 Å². The molecule has 0 rings (SSSR count). The zero-order valence-corrected chi connectivity index (χ0v) is 15.8. The average Bonchev–Trinajstić information content (AvgIpc) is 1.96. The Bertz CT molecular complexity index is 197. The second kappa shape index (κ2) is 6.63. The quantitative estimate of drug-likeness (QED) is 0.631. The summed E-state index contributed by atoms with van der Waals surface area (Å²) in [6, 6.07) is 0.940. The summed E-state index contributed by atoms with van der Waals surface area (Å²) in [6.07, 6.45) is 1.06. The standard InChI is InChI=1S/C11H30O3Si3/c1-9-11-17(12-10-2,13-15(3,4)5)14-16(6,7)8/h9-11H2,1-8H3. The molecular formula is C11H30O3Si3. The molecule has 0 amide bonds. The lowest BCUT2D eigenvalue weighted by Crippen LogP contribution is -2.56. The molecule has 0 aromatic heterocycles. The predicted octanol–water partition coefficient (Wildman–Crippen LogP) is 4.07. The topological polar surface area (TPSA) is 27.7 Å². The summed E-state index contributed by atoms with van der Waals surface area (Å²) in [5.74, 6) is 0. The molecule has 0 aliphatic heterocycles. The molecule has 0 atom stereocenters. The van der Waals surface area contributed by atoms with Crippen molar-refractivity contribution in [2.45, 2.75) is 65.6 Å². The molecule has 0 heterocycles. The summed E-state index contributed by atoms with van der Waals surface area (Å²) in [5.41, 5.74) is 0. The van der Waals surface area contributed by atoms with Crippen LogP contribution >= 0.6 is 0 Å². The van der Waals surface area contributed by atoms with Gasteiger partial charge in [0.15, 0.2) is 16.6 Å². The molecule has 17 heavy (non-hydrogen) atoms. The van der Waals surface area contributed by atoms with Gasteiger partial charge in [-0.2, -0.15) is 0 Å². The van der Waals surface area contributed by atoms with E-state index in [0.717, 1.165) is 12.5 Å². The van der Waals surface area contributed by atoms with Crippen LogP contribution < -0.4 is 0 Å². The van der Waals surface area contributed by atoms with E-state index in [-0.39, 0.29) is 0 Å². The highest BCUT2D eigenvalue weighted by Gasteiger charge is 2.46. The van der Waals surface area contributed by atoms with Crippen LogP contribution in [0.25, 0.3) is 0 Å². The molecule has 0 aliphatic carbocycles. The minimum Gasteiger partial charge on any atom is -0.416 e. The van der Waals surface area contributed by atoms with Gasteiger partial charge >= 0.3 is 8.80 Å². The Balaban J connectivity index is 4.97. The van der Waals surface area contributed by atoms with E-state index in [0.29, 0.717) is 6.61 Å². The normalized spacial score (nSPS) is 14.1. The Labute approximate surface area is 110 Å². The van der Waals surface area contributed by atoms with Crippen LogP contribution in [0.4, 0.5) is 0 Å². The van der Waals surface area contributed by atoms with Gasteiger partial charge in [-0.15, -0.1) is 0 Å². The van der Waals surface area contributed by atoms with Crippen LogP contribution in [0, 0.1) is 0 Å². The molecule has 0 saturated heterocycles. The minimum atomic E-state index is -2.44. The molecule has 0 fully saturated rings. The van der Waals surface area contributed by atoms with Crippen LogP contribution in [0.2, 0.25) is 45.3 Å². The van der Waals surface area contributed by atoms with E-state index < -0.39 is 25.4 Å². The van der Waals surface area contributed by atoms with Crippen molar-refractivity contribution < 1.29 is 12.7 Å². The van der Waals surface area contributed by atoms with Crippen molar-refractivity contribution in [1.82, 2.24) is 0 Å². The molecular weight excluding hydrogens is 264 g/mol. The number of hydrogen-bond acceptors (Lipinski definition) is 3. The van der Waals surface area contributed by atoms with Crippen molar-refractivity contribution in [3.8, 4) is 0 Å². The van der Waals surface area contributed by atoms with Crippen molar-refractivity contribution in [3.05, 3.63) is 0 Å². The fourth-order valence-corrected chi connectivity index (χ4v) is 12.2. The molecule has 0 aromatic carbocycles. The molecule has 0 radical (unpaired) electrons. The minimum absolute atomic E-state index is 0.682. The zero-order chi connectivity index (χ0) is 13.7. The van der Waals surface area contributed by atoms with Gasteiger partial charge in [0.2, 0.25) is 0 Å². The van der Waals surface area contributed by atoms with E-state index in [1.54, 1.807) is 0 Å². The summed E-state index contributed by atoms with van der Waals surface area (Å²) < 4.78 is 18.7. The molecule has 0 aliphatic rings. The zero-order valence-electron chi connectivity index (χ0n) is 12.8. The van der Waals surface area contributed by atoms with Crippen LogP contribution in [-0.4, -0.2) is 32.0 Å². The molecule has 0 aromatic rings. The SMILES string of the molecule is CCC[Si](OCC)(O[Si](C)(C)C)O[Si](C)(C)C. The maximum Gasteiger partial charge on any atom is 0.479 e. The van der Waals surface area contributed by atoms with Crippen molar-refractivity contribution in [1.29, 1.82) is 0 Å². The Morgan fingerprint density at radius 3 is 1.41 bits per heavy atom. The number of hydrogen-bond donors (Lipinski definition) is 0. The molecule has 0 spiro atoms. The van der Waals surface area contributed by atoms with E-state index >= 15 is 0 Å². The van der Waals surface area contributed by atoms with Crippen molar-refractivity contribution in [2.24, 2.45) is 0 Å². The summed E-state index contributed by atoms with van der Waals surface area (Å²) in [6.45, 7) is 18.1. The summed E-state index contributed by atoms with van der Waals surface area (Å²) >= 11 is 0. The predicted molar refractivity (Wildman–Crippen MR) is 81.3 cm³/mol. The van der Waals surface area contributed by atoms with Gasteiger partial charge < -0.3 is 12.7 Å². The third-order valence-electron chi connectivity index (χ3n) is 1.84. The molecule has 0 saturated carbocycles. The van der Waals surface area contributed by atoms with Gasteiger partial charge in [-0.25, -0.2) is 0 Å². The lowest BCUT2D eigenvalue weighted by Gasteiger charge is -2.39. The van der Waals surface area contributed by atoms with E-state index in [4.69, 9.17) is 12.7 Å². The highest BCUT2D eigenvalue weighted by Crippen LogP contribution is 2.26. The Kier molecular flexibility index (Phi) is 6.83. The molecule has 104 valence electrons. The summed E-state index contributed by atoms with van der Waals surface area (Å²) in [4.78, 5) is 0. The van der Waals surface area contributed by atoms with Gasteiger partial charge in [-0.1, -0.05) is 13.3 Å². The molecule has 3 nitrogen and oxygen atoms in total. The largest absolute Gasteiger partial charge is 0.479 e. The first-order valence-corrected chi connectivity index (χ1v) is 15.3. The Hall–Kier alpha value is 0.531. The van der Waals surface area contributed by atoms with E-state index in [9.17, 15) is 0 Å². The lowest BCUT2D eigenvalue weighted by molar-refractivity contribution is 0.168. The Morgan fingerprint density at radius 2 is 1.18 bits per heavy atom. The van der Waals surface area contributed by atoms with Crippen LogP contribution in [0.1, 0.15) is 20.3 Å². The van der Waals surface area contributed by atoms with Gasteiger partial charge in [0.05, 0.1) is 0 Å². The first-order valence-electron chi connectivity index (χ1n) is 6.58. The van der Waals surface area contributed by atoms with E-state index in [2.05, 4.69) is 46.2 Å². The Morgan fingerprint density at radius 1 is 0.765 bits per heavy atom. The maximum atomic E-state index is 6.35. The fraction of sp³-hybridized carbons (Fsp3) is 1.00. The second-order valence-electron chi connectivity index (χ2n) is 6.29. The fourth-order valence-electron chi connectivity index (χ4n) is 1.71. The smallest absolute Gasteiger partial charge is 0.416 e. The third kappa shape index (κ3) is 8.28. The second-order valence-corrected chi connectivity index (χ2v) is 18.5. The van der Waals surface area contributed by atoms with Gasteiger partial charge in [-0.05, 0) is 46.2 Å². The monoisotopic (exact) mass is 294 g/mol. The maximum absolute atomic E-state index is 6.35. The average molecular weight is 295 g/mol. The molecule has 0 bridgehead atoms. The summed E-state index contributed by atoms with van der Waals surface area (Å²) in [5, 5.41) is 0. The molecule has 0 N–H and O–H groups in total. The first kappa shape index (κ1) is 17.5. The first-order chi connectivity index (χ1) is 7.54. The highest BCUT2D eigenvalue weighted by atomic mass is 28.5. The lowest BCUT2D eigenvalue weighted by atomic mass is 10.6. The number of rotatable bonds is 8. The highest BCUT2D eigenvalue weighted by molar-refractivity contribution is 6.85.